The van der Waals surface area contributed by atoms with Gasteiger partial charge in [-0.1, -0.05) is 17.3 Å². The highest BCUT2D eigenvalue weighted by molar-refractivity contribution is 6.12. The number of rotatable bonds is 3. The quantitative estimate of drug-likeness (QED) is 0.799. The Kier molecular flexibility index (Phi) is 3.11. The molecule has 0 spiro atoms. The molecular formula is C17H14FN3O2. The highest BCUT2D eigenvalue weighted by atomic mass is 19.1. The molecule has 0 atom stereocenters. The molecule has 1 aliphatic rings. The van der Waals surface area contributed by atoms with Gasteiger partial charge in [-0.25, -0.2) is 9.37 Å². The van der Waals surface area contributed by atoms with Crippen LogP contribution < -0.4 is 5.32 Å². The van der Waals surface area contributed by atoms with Crippen molar-refractivity contribution in [3.05, 3.63) is 53.1 Å². The number of carbonyl (C=O) groups is 1. The molecule has 2 aromatic heterocycles. The van der Waals surface area contributed by atoms with Crippen LogP contribution in [0, 0.1) is 12.7 Å². The van der Waals surface area contributed by atoms with E-state index < -0.39 is 11.7 Å². The topological polar surface area (TPSA) is 68.0 Å². The molecule has 1 aromatic carbocycles. The van der Waals surface area contributed by atoms with Crippen LogP contribution in [0.25, 0.3) is 11.1 Å². The Balaban J connectivity index is 1.79. The van der Waals surface area contributed by atoms with Crippen molar-refractivity contribution < 1.29 is 13.7 Å². The lowest BCUT2D eigenvalue weighted by molar-refractivity contribution is 0.102. The smallest absolute Gasteiger partial charge is 0.259 e. The second-order valence-corrected chi connectivity index (χ2v) is 5.75. The summed E-state index contributed by atoms with van der Waals surface area (Å²) in [7, 11) is 0. The molecule has 0 saturated heterocycles. The highest BCUT2D eigenvalue weighted by Gasteiger charge is 2.28. The molecule has 3 aromatic rings. The van der Waals surface area contributed by atoms with Gasteiger partial charge < -0.3 is 9.84 Å². The van der Waals surface area contributed by atoms with Gasteiger partial charge in [-0.2, -0.15) is 0 Å². The first-order chi connectivity index (χ1) is 11.1. The van der Waals surface area contributed by atoms with Crippen molar-refractivity contribution in [2.75, 3.05) is 5.32 Å². The maximum Gasteiger partial charge on any atom is 0.259 e. The molecule has 2 heterocycles. The van der Waals surface area contributed by atoms with Gasteiger partial charge in [-0.15, -0.1) is 0 Å². The van der Waals surface area contributed by atoms with E-state index in [2.05, 4.69) is 15.5 Å². The van der Waals surface area contributed by atoms with Crippen LogP contribution in [0.3, 0.4) is 0 Å². The molecule has 0 unspecified atom stereocenters. The molecule has 5 nitrogen and oxygen atoms in total. The lowest BCUT2D eigenvalue weighted by atomic mass is 10.1. The molecule has 1 amide bonds. The van der Waals surface area contributed by atoms with Crippen molar-refractivity contribution >= 4 is 22.7 Å². The van der Waals surface area contributed by atoms with Crippen LogP contribution in [0.15, 0.2) is 34.9 Å². The van der Waals surface area contributed by atoms with Gasteiger partial charge in [0.15, 0.2) is 0 Å². The zero-order chi connectivity index (χ0) is 16.0. The summed E-state index contributed by atoms with van der Waals surface area (Å²) in [5.41, 5.74) is 2.33. The van der Waals surface area contributed by atoms with Crippen LogP contribution in [0.5, 0.6) is 0 Å². The van der Waals surface area contributed by atoms with Gasteiger partial charge >= 0.3 is 0 Å². The number of nitrogens with zero attached hydrogens (tertiary/aromatic N) is 2. The first-order valence-electron chi connectivity index (χ1n) is 7.46. The first-order valence-corrected chi connectivity index (χ1v) is 7.46. The fraction of sp³-hybridized carbons (Fsp3) is 0.235. The van der Waals surface area contributed by atoms with E-state index in [1.54, 1.807) is 25.1 Å². The Bertz CT molecular complexity index is 915. The van der Waals surface area contributed by atoms with Crippen molar-refractivity contribution in [2.24, 2.45) is 0 Å². The van der Waals surface area contributed by atoms with Gasteiger partial charge in [0.05, 0.1) is 22.3 Å². The fourth-order valence-corrected chi connectivity index (χ4v) is 2.63. The minimum absolute atomic E-state index is 0.143. The zero-order valence-electron chi connectivity index (χ0n) is 12.5. The van der Waals surface area contributed by atoms with Gasteiger partial charge in [0.2, 0.25) is 0 Å². The Morgan fingerprint density at radius 3 is 2.87 bits per heavy atom. The number of anilines is 1. The van der Waals surface area contributed by atoms with Crippen molar-refractivity contribution in [3.8, 4) is 0 Å². The minimum atomic E-state index is -0.476. The van der Waals surface area contributed by atoms with Crippen molar-refractivity contribution in [2.45, 2.75) is 25.7 Å². The van der Waals surface area contributed by atoms with Crippen molar-refractivity contribution in [1.82, 2.24) is 10.1 Å². The first kappa shape index (κ1) is 13.9. The van der Waals surface area contributed by atoms with Gasteiger partial charge in [-0.05, 0) is 38.0 Å². The van der Waals surface area contributed by atoms with Crippen molar-refractivity contribution in [1.29, 1.82) is 0 Å². The van der Waals surface area contributed by atoms with E-state index in [9.17, 15) is 9.18 Å². The number of aromatic nitrogens is 2. The van der Waals surface area contributed by atoms with Crippen LogP contribution in [0.2, 0.25) is 0 Å². The number of hydrogen-bond acceptors (Lipinski definition) is 4. The number of para-hydroxylation sites is 1. The SMILES string of the molecule is Cc1noc2nc(C3CC3)cc(C(=O)Nc3ccccc3F)c12. The number of pyridine rings is 1. The standard InChI is InChI=1S/C17H14FN3O2/c1-9-15-11(16(22)19-13-5-3-2-4-12(13)18)8-14(10-6-7-10)20-17(15)23-21-9/h2-5,8,10H,6-7H2,1H3,(H,19,22). The van der Waals surface area contributed by atoms with E-state index in [4.69, 9.17) is 4.52 Å². The third-order valence-electron chi connectivity index (χ3n) is 4.00. The van der Waals surface area contributed by atoms with Crippen LogP contribution in [0.4, 0.5) is 10.1 Å². The maximum atomic E-state index is 13.8. The molecule has 116 valence electrons. The summed E-state index contributed by atoms with van der Waals surface area (Å²) >= 11 is 0. The molecule has 23 heavy (non-hydrogen) atoms. The molecule has 1 saturated carbocycles. The molecule has 1 N–H and O–H groups in total. The highest BCUT2D eigenvalue weighted by Crippen LogP contribution is 2.40. The number of benzene rings is 1. The Morgan fingerprint density at radius 2 is 2.13 bits per heavy atom. The third-order valence-corrected chi connectivity index (χ3v) is 4.00. The molecule has 0 radical (unpaired) electrons. The lowest BCUT2D eigenvalue weighted by Crippen LogP contribution is -2.14. The number of halogens is 1. The normalized spacial score (nSPS) is 14.2. The molecule has 4 rings (SSSR count). The lowest BCUT2D eigenvalue weighted by Gasteiger charge is -2.08. The van der Waals surface area contributed by atoms with Crippen molar-refractivity contribution in [3.63, 3.8) is 0 Å². The predicted octanol–water partition coefficient (Wildman–Crippen LogP) is 3.80. The summed E-state index contributed by atoms with van der Waals surface area (Å²) in [6, 6.07) is 7.83. The van der Waals surface area contributed by atoms with Crippen LogP contribution in [-0.4, -0.2) is 16.0 Å². The van der Waals surface area contributed by atoms with E-state index in [1.807, 2.05) is 0 Å². The van der Waals surface area contributed by atoms with E-state index in [0.717, 1.165) is 18.5 Å². The Hall–Kier alpha value is -2.76. The van der Waals surface area contributed by atoms with E-state index >= 15 is 0 Å². The van der Waals surface area contributed by atoms with Gasteiger partial charge in [0.25, 0.3) is 11.6 Å². The summed E-state index contributed by atoms with van der Waals surface area (Å²) in [6.07, 6.45) is 2.11. The monoisotopic (exact) mass is 311 g/mol. The Morgan fingerprint density at radius 1 is 1.35 bits per heavy atom. The van der Waals surface area contributed by atoms with Crippen LogP contribution in [-0.2, 0) is 0 Å². The molecule has 0 bridgehead atoms. The van der Waals surface area contributed by atoms with E-state index in [0.29, 0.717) is 28.3 Å². The van der Waals surface area contributed by atoms with Gasteiger partial charge in [0.1, 0.15) is 5.82 Å². The summed E-state index contributed by atoms with van der Waals surface area (Å²) in [5, 5.41) is 7.08. The zero-order valence-corrected chi connectivity index (χ0v) is 12.5. The second kappa shape index (κ2) is 5.15. The van der Waals surface area contributed by atoms with Gasteiger partial charge in [0, 0.05) is 11.6 Å². The van der Waals surface area contributed by atoms with Crippen LogP contribution >= 0.6 is 0 Å². The summed E-state index contributed by atoms with van der Waals surface area (Å²) < 4.78 is 19.0. The minimum Gasteiger partial charge on any atom is -0.336 e. The fourth-order valence-electron chi connectivity index (χ4n) is 2.63. The Labute approximate surface area is 131 Å². The average molecular weight is 311 g/mol. The average Bonchev–Trinajstić information content (AvgIpc) is 3.33. The molecule has 1 aliphatic carbocycles. The summed E-state index contributed by atoms with van der Waals surface area (Å²) in [5.74, 6) is -0.504. The number of carbonyl (C=O) groups excluding carboxylic acids is 1. The molecule has 6 heteroatoms. The molecule has 1 fully saturated rings. The number of fused-ring (bicyclic) bond motifs is 1. The summed E-state index contributed by atoms with van der Waals surface area (Å²) in [6.45, 7) is 1.75. The number of aryl methyl sites for hydroxylation is 1. The largest absolute Gasteiger partial charge is 0.336 e. The summed E-state index contributed by atoms with van der Waals surface area (Å²) in [4.78, 5) is 17.1. The van der Waals surface area contributed by atoms with E-state index in [-0.39, 0.29) is 5.69 Å². The number of amides is 1. The second-order valence-electron chi connectivity index (χ2n) is 5.75. The van der Waals surface area contributed by atoms with Gasteiger partial charge in [-0.3, -0.25) is 4.79 Å². The predicted molar refractivity (Wildman–Crippen MR) is 82.9 cm³/mol. The maximum absolute atomic E-state index is 13.8. The molecule has 0 aliphatic heterocycles. The van der Waals surface area contributed by atoms with E-state index in [1.165, 1.54) is 12.1 Å². The third kappa shape index (κ3) is 2.46. The number of hydrogen-bond donors (Lipinski definition) is 1. The van der Waals surface area contributed by atoms with Crippen LogP contribution in [0.1, 0.15) is 40.5 Å². The number of nitrogens with one attached hydrogen (secondary N) is 1. The molecular weight excluding hydrogens is 297 g/mol.